The number of aryl methyl sites for hydroxylation is 1. The smallest absolute Gasteiger partial charge is 0.352 e. The molecule has 46 heavy (non-hydrogen) atoms. The van der Waals surface area contributed by atoms with Crippen molar-refractivity contribution in [3.63, 3.8) is 0 Å². The molecule has 4 N–H and O–H groups in total. The molecule has 5 rings (SSSR count). The van der Waals surface area contributed by atoms with Gasteiger partial charge < -0.3 is 34.5 Å². The Morgan fingerprint density at radius 1 is 1.11 bits per heavy atom. The molecule has 248 valence electrons. The number of nitrogen functional groups attached to an aromatic ring is 1. The fourth-order valence-corrected chi connectivity index (χ4v) is 5.61. The fraction of sp³-hybridized carbons (Fsp3) is 0.406. The van der Waals surface area contributed by atoms with Crippen molar-refractivity contribution in [2.75, 3.05) is 44.0 Å². The third-order valence-corrected chi connectivity index (χ3v) is 8.07. The number of methoxy groups -OCH3 is 1. The lowest BCUT2D eigenvalue weighted by atomic mass is 9.86. The van der Waals surface area contributed by atoms with Gasteiger partial charge in [-0.2, -0.15) is 4.98 Å². The van der Waals surface area contributed by atoms with E-state index in [4.69, 9.17) is 19.9 Å². The van der Waals surface area contributed by atoms with Gasteiger partial charge in [-0.05, 0) is 55.1 Å². The van der Waals surface area contributed by atoms with Crippen molar-refractivity contribution in [1.82, 2.24) is 19.4 Å². The predicted octanol–water partition coefficient (Wildman–Crippen LogP) is 4.88. The second-order valence-electron chi connectivity index (χ2n) is 12.3. The minimum Gasteiger partial charge on any atom is -0.492 e. The zero-order valence-corrected chi connectivity index (χ0v) is 28.0. The number of carboxylic acids is 1. The van der Waals surface area contributed by atoms with Crippen LogP contribution in [0.5, 0.6) is 23.4 Å². The highest BCUT2D eigenvalue weighted by atomic mass is 32.2. The largest absolute Gasteiger partial charge is 0.492 e. The molecule has 0 amide bonds. The predicted molar refractivity (Wildman–Crippen MR) is 178 cm³/mol. The summed E-state index contributed by atoms with van der Waals surface area (Å²) < 4.78 is 43.7. The van der Waals surface area contributed by atoms with Crippen LogP contribution in [-0.2, 0) is 22.5 Å². The molecule has 4 aromatic rings. The number of carboxylic acid groups (broad SMARTS) is 1. The van der Waals surface area contributed by atoms with Crippen LogP contribution in [0.3, 0.4) is 0 Å². The van der Waals surface area contributed by atoms with Crippen molar-refractivity contribution in [3.05, 3.63) is 59.9 Å². The number of carbonyl (C=O) groups is 1. The Hall–Kier alpha value is -4.56. The summed E-state index contributed by atoms with van der Waals surface area (Å²) in [4.78, 5) is 22.2. The number of fused-ring (bicyclic) bond motifs is 1. The Kier molecular flexibility index (Phi) is 10.3. The molecule has 14 heteroatoms. The van der Waals surface area contributed by atoms with Gasteiger partial charge in [-0.25, -0.2) is 18.2 Å². The summed E-state index contributed by atoms with van der Waals surface area (Å²) in [5, 5.41) is 10.1. The van der Waals surface area contributed by atoms with E-state index in [0.29, 0.717) is 34.3 Å². The number of anilines is 2. The van der Waals surface area contributed by atoms with Crippen LogP contribution in [0.25, 0.3) is 10.9 Å². The number of aromatic nitrogens is 3. The van der Waals surface area contributed by atoms with Crippen LogP contribution in [-0.4, -0.2) is 78.5 Å². The summed E-state index contributed by atoms with van der Waals surface area (Å²) in [5.74, 6) is 0.230. The molecule has 1 aliphatic rings. The molecule has 0 radical (unpaired) electrons. The number of ether oxygens (including phenoxy) is 3. The average Bonchev–Trinajstić information content (AvgIpc) is 3.31. The van der Waals surface area contributed by atoms with E-state index in [2.05, 4.69) is 26.6 Å². The standard InChI is InChI=1S/C20H22N4O4.C12H20N2O3S/c1-23-10-7-14(8-11-23)27-20-21-9-6-17(22-20)28-16-5-3-4-13-12-15(19(25)26)24(2)18(13)16;1-12(2,3)8-6-9(13)11(17-4)10(7-8)14-18(5,15)16/h3-6,9,12,14H,7-8,10-11H2,1-2H3,(H,25,26);6-7,14H,13H2,1-5H3. The number of sulfonamides is 1. The molecular formula is C32H42N6O7S. The van der Waals surface area contributed by atoms with Gasteiger partial charge in [0.25, 0.3) is 0 Å². The van der Waals surface area contributed by atoms with Crippen molar-refractivity contribution in [2.45, 2.75) is 45.1 Å². The second-order valence-corrected chi connectivity index (χ2v) is 14.0. The molecule has 1 aliphatic heterocycles. The first-order chi connectivity index (χ1) is 21.6. The van der Waals surface area contributed by atoms with Gasteiger partial charge in [0.2, 0.25) is 15.9 Å². The van der Waals surface area contributed by atoms with E-state index in [1.807, 2.05) is 32.9 Å². The molecule has 0 spiro atoms. The molecule has 1 fully saturated rings. The van der Waals surface area contributed by atoms with Crippen molar-refractivity contribution in [3.8, 4) is 23.4 Å². The van der Waals surface area contributed by atoms with Crippen LogP contribution < -0.4 is 24.7 Å². The lowest BCUT2D eigenvalue weighted by Crippen LogP contribution is -2.35. The monoisotopic (exact) mass is 654 g/mol. The van der Waals surface area contributed by atoms with Gasteiger partial charge in [-0.1, -0.05) is 32.9 Å². The van der Waals surface area contributed by atoms with E-state index in [1.165, 1.54) is 7.11 Å². The molecule has 0 bridgehead atoms. The zero-order valence-electron chi connectivity index (χ0n) is 27.2. The summed E-state index contributed by atoms with van der Waals surface area (Å²) >= 11 is 0. The molecular weight excluding hydrogens is 612 g/mol. The maximum atomic E-state index is 11.4. The average molecular weight is 655 g/mol. The number of nitrogens with one attached hydrogen (secondary N) is 1. The lowest BCUT2D eigenvalue weighted by Gasteiger charge is -2.28. The highest BCUT2D eigenvalue weighted by Gasteiger charge is 2.21. The topological polar surface area (TPSA) is 171 Å². The van der Waals surface area contributed by atoms with Crippen LogP contribution in [0.1, 0.15) is 49.7 Å². The Morgan fingerprint density at radius 2 is 1.80 bits per heavy atom. The van der Waals surface area contributed by atoms with E-state index in [0.717, 1.165) is 43.1 Å². The van der Waals surface area contributed by atoms with Gasteiger partial charge in [0.15, 0.2) is 11.5 Å². The van der Waals surface area contributed by atoms with Gasteiger partial charge in [0, 0.05) is 37.8 Å². The highest BCUT2D eigenvalue weighted by molar-refractivity contribution is 7.92. The minimum atomic E-state index is -3.37. The third kappa shape index (κ3) is 8.57. The summed E-state index contributed by atoms with van der Waals surface area (Å²) in [6.07, 6.45) is 4.66. The minimum absolute atomic E-state index is 0.0980. The van der Waals surface area contributed by atoms with Gasteiger partial charge in [0.1, 0.15) is 11.8 Å². The number of hydrogen-bond acceptors (Lipinski definition) is 10. The van der Waals surface area contributed by atoms with Gasteiger partial charge >= 0.3 is 12.0 Å². The van der Waals surface area contributed by atoms with Crippen molar-refractivity contribution in [1.29, 1.82) is 0 Å². The Balaban J connectivity index is 0.000000232. The van der Waals surface area contributed by atoms with E-state index in [-0.39, 0.29) is 23.2 Å². The fourth-order valence-electron chi connectivity index (χ4n) is 5.06. The summed E-state index contributed by atoms with van der Waals surface area (Å²) in [7, 11) is 1.88. The van der Waals surface area contributed by atoms with Gasteiger partial charge in [-0.15, -0.1) is 0 Å². The Labute approximate surface area is 269 Å². The molecule has 2 aromatic carbocycles. The number of likely N-dealkylation sites (tertiary alicyclic amines) is 1. The maximum absolute atomic E-state index is 11.4. The number of rotatable bonds is 8. The lowest BCUT2D eigenvalue weighted by molar-refractivity contribution is 0.0687. The van der Waals surface area contributed by atoms with Crippen LogP contribution in [0, 0.1) is 0 Å². The first-order valence-electron chi connectivity index (χ1n) is 14.7. The highest BCUT2D eigenvalue weighted by Crippen LogP contribution is 2.37. The van der Waals surface area contributed by atoms with Crippen LogP contribution in [0.15, 0.2) is 48.7 Å². The summed E-state index contributed by atoms with van der Waals surface area (Å²) in [6.45, 7) is 8.06. The first kappa shape index (κ1) is 34.3. The number of nitrogens with two attached hydrogens (primary N) is 1. The van der Waals surface area contributed by atoms with Crippen molar-refractivity contribution in [2.24, 2.45) is 7.05 Å². The third-order valence-electron chi connectivity index (χ3n) is 7.48. The molecule has 0 aliphatic carbocycles. The van der Waals surface area contributed by atoms with Crippen LogP contribution in [0.4, 0.5) is 11.4 Å². The molecule has 0 atom stereocenters. The van der Waals surface area contributed by atoms with E-state index >= 15 is 0 Å². The van der Waals surface area contributed by atoms with Gasteiger partial charge in [0.05, 0.1) is 30.3 Å². The van der Waals surface area contributed by atoms with Gasteiger partial charge in [-0.3, -0.25) is 4.72 Å². The number of nitrogens with zero attached hydrogens (tertiary/aromatic N) is 4. The normalized spacial score (nSPS) is 14.3. The number of aromatic carboxylic acids is 1. The molecule has 2 aromatic heterocycles. The molecule has 0 saturated carbocycles. The Bertz CT molecular complexity index is 1810. The number of para-hydroxylation sites is 1. The van der Waals surface area contributed by atoms with Crippen LogP contribution in [0.2, 0.25) is 0 Å². The molecule has 13 nitrogen and oxygen atoms in total. The summed E-state index contributed by atoms with van der Waals surface area (Å²) in [6, 6.07) is 12.6. The van der Waals surface area contributed by atoms with E-state index < -0.39 is 16.0 Å². The number of benzene rings is 2. The number of piperidine rings is 1. The first-order valence-corrected chi connectivity index (χ1v) is 16.6. The zero-order chi connectivity index (χ0) is 33.8. The van der Waals surface area contributed by atoms with Crippen molar-refractivity contribution >= 4 is 38.3 Å². The number of hydrogen-bond donors (Lipinski definition) is 3. The van der Waals surface area contributed by atoms with Crippen molar-refractivity contribution < 1.29 is 32.5 Å². The summed E-state index contributed by atoms with van der Waals surface area (Å²) in [5.41, 5.74) is 8.36. The molecule has 3 heterocycles. The van der Waals surface area contributed by atoms with E-state index in [1.54, 1.807) is 48.1 Å². The van der Waals surface area contributed by atoms with Crippen LogP contribution >= 0.6 is 0 Å². The van der Waals surface area contributed by atoms with E-state index in [9.17, 15) is 18.3 Å². The molecule has 1 saturated heterocycles. The quantitative estimate of drug-likeness (QED) is 0.221. The second kappa shape index (κ2) is 13.8. The SMILES string of the molecule is CN1CCC(Oc2nccc(Oc3cccc4cc(C(=O)O)n(C)c34)n2)CC1.COc1c(N)cc(C(C)(C)C)cc1NS(C)(=O)=O. The maximum Gasteiger partial charge on any atom is 0.352 e. The Morgan fingerprint density at radius 3 is 2.41 bits per heavy atom. The molecule has 0 unspecified atom stereocenters.